The van der Waals surface area contributed by atoms with E-state index in [0.29, 0.717) is 18.6 Å². The van der Waals surface area contributed by atoms with E-state index in [-0.39, 0.29) is 6.04 Å². The molecule has 1 unspecified atom stereocenters. The Bertz CT molecular complexity index is 318. The molecule has 1 rings (SSSR count). The van der Waals surface area contributed by atoms with Crippen LogP contribution in [0.15, 0.2) is 30.9 Å². The third-order valence-electron chi connectivity index (χ3n) is 2.11. The number of aromatic hydroxyl groups is 1. The van der Waals surface area contributed by atoms with Crippen LogP contribution in [0.1, 0.15) is 18.1 Å². The van der Waals surface area contributed by atoms with Crippen molar-refractivity contribution in [1.82, 2.24) is 0 Å². The number of benzene rings is 1. The summed E-state index contributed by atoms with van der Waals surface area (Å²) >= 11 is 0. The molecule has 0 radical (unpaired) electrons. The van der Waals surface area contributed by atoms with Gasteiger partial charge < -0.3 is 10.8 Å². The van der Waals surface area contributed by atoms with Crippen molar-refractivity contribution in [3.05, 3.63) is 42.0 Å². The van der Waals surface area contributed by atoms with Gasteiger partial charge in [-0.2, -0.15) is 0 Å². The van der Waals surface area contributed by atoms with Crippen LogP contribution in [0.3, 0.4) is 0 Å². The summed E-state index contributed by atoms with van der Waals surface area (Å²) in [5, 5.41) is 9.87. The molecule has 0 amide bonds. The predicted octanol–water partition coefficient (Wildman–Crippen LogP) is 2.01. The highest BCUT2D eigenvalue weighted by molar-refractivity contribution is 5.41. The Morgan fingerprint density at radius 1 is 1.50 bits per heavy atom. The highest BCUT2D eigenvalue weighted by atomic mass is 16.3. The Morgan fingerprint density at radius 3 is 2.71 bits per heavy atom. The number of rotatable bonds is 4. The Balaban J connectivity index is 2.94. The van der Waals surface area contributed by atoms with Gasteiger partial charge in [0.1, 0.15) is 5.75 Å². The van der Waals surface area contributed by atoms with Gasteiger partial charge in [-0.25, -0.2) is 0 Å². The molecule has 3 N–H and O–H groups in total. The smallest absolute Gasteiger partial charge is 0.122 e. The minimum atomic E-state index is 0.0693. The van der Waals surface area contributed by atoms with E-state index in [1.165, 1.54) is 0 Å². The first-order valence-electron chi connectivity index (χ1n) is 4.81. The number of nitrogens with two attached hydrogens (primary N) is 1. The van der Waals surface area contributed by atoms with Crippen molar-refractivity contribution in [2.75, 3.05) is 0 Å². The van der Waals surface area contributed by atoms with Crippen molar-refractivity contribution in [3.63, 3.8) is 0 Å². The van der Waals surface area contributed by atoms with Crippen LogP contribution in [0.25, 0.3) is 0 Å². The second-order valence-corrected chi connectivity index (χ2v) is 3.60. The van der Waals surface area contributed by atoms with Gasteiger partial charge in [0.05, 0.1) is 0 Å². The van der Waals surface area contributed by atoms with E-state index >= 15 is 0 Å². The number of phenols is 1. The highest BCUT2D eigenvalue weighted by Crippen LogP contribution is 2.23. The zero-order valence-corrected chi connectivity index (χ0v) is 8.53. The lowest BCUT2D eigenvalue weighted by Crippen LogP contribution is -2.17. The molecule has 1 atom stereocenters. The first-order chi connectivity index (χ1) is 6.65. The summed E-state index contributed by atoms with van der Waals surface area (Å²) in [7, 11) is 0. The highest BCUT2D eigenvalue weighted by Gasteiger charge is 2.07. The second-order valence-electron chi connectivity index (χ2n) is 3.60. The van der Waals surface area contributed by atoms with E-state index in [9.17, 15) is 5.11 Å². The van der Waals surface area contributed by atoms with Crippen LogP contribution >= 0.6 is 0 Å². The molecule has 0 aliphatic rings. The SMILES string of the molecule is C=CCc1cccc(CC(C)N)c1O. The van der Waals surface area contributed by atoms with E-state index < -0.39 is 0 Å². The van der Waals surface area contributed by atoms with E-state index in [4.69, 9.17) is 5.73 Å². The minimum Gasteiger partial charge on any atom is -0.507 e. The molecular weight excluding hydrogens is 174 g/mol. The molecule has 0 aliphatic heterocycles. The Morgan fingerprint density at radius 2 is 2.14 bits per heavy atom. The fourth-order valence-corrected chi connectivity index (χ4v) is 1.48. The lowest BCUT2D eigenvalue weighted by molar-refractivity contribution is 0.460. The molecule has 0 saturated heterocycles. The first-order valence-corrected chi connectivity index (χ1v) is 4.81. The van der Waals surface area contributed by atoms with E-state index in [2.05, 4.69) is 6.58 Å². The molecule has 1 aromatic carbocycles. The molecular formula is C12H17NO. The molecule has 0 fully saturated rings. The van der Waals surface area contributed by atoms with Crippen LogP contribution in [-0.2, 0) is 12.8 Å². The monoisotopic (exact) mass is 191 g/mol. The Kier molecular flexibility index (Phi) is 3.72. The average Bonchev–Trinajstić information content (AvgIpc) is 2.11. The third kappa shape index (κ3) is 2.60. The Labute approximate surface area is 85.1 Å². The summed E-state index contributed by atoms with van der Waals surface area (Å²) in [6.07, 6.45) is 3.18. The van der Waals surface area contributed by atoms with Gasteiger partial charge in [0.2, 0.25) is 0 Å². The van der Waals surface area contributed by atoms with Crippen molar-refractivity contribution in [3.8, 4) is 5.75 Å². The summed E-state index contributed by atoms with van der Waals surface area (Å²) in [6.45, 7) is 5.58. The lowest BCUT2D eigenvalue weighted by Gasteiger charge is -2.10. The molecule has 1 aromatic rings. The topological polar surface area (TPSA) is 46.2 Å². The van der Waals surface area contributed by atoms with Gasteiger partial charge in [0.25, 0.3) is 0 Å². The number of phenolic OH excluding ortho intramolecular Hbond substituents is 1. The maximum Gasteiger partial charge on any atom is 0.122 e. The molecule has 76 valence electrons. The van der Waals surface area contributed by atoms with Crippen LogP contribution < -0.4 is 5.73 Å². The van der Waals surface area contributed by atoms with Crippen LogP contribution in [0.5, 0.6) is 5.75 Å². The number of para-hydroxylation sites is 1. The van der Waals surface area contributed by atoms with Crippen molar-refractivity contribution in [2.45, 2.75) is 25.8 Å². The second kappa shape index (κ2) is 4.82. The fourth-order valence-electron chi connectivity index (χ4n) is 1.48. The van der Waals surface area contributed by atoms with E-state index in [1.54, 1.807) is 6.08 Å². The van der Waals surface area contributed by atoms with Gasteiger partial charge in [0, 0.05) is 6.04 Å². The quantitative estimate of drug-likeness (QED) is 0.715. The molecule has 2 nitrogen and oxygen atoms in total. The summed E-state index contributed by atoms with van der Waals surface area (Å²) in [4.78, 5) is 0. The predicted molar refractivity (Wildman–Crippen MR) is 59.4 cm³/mol. The van der Waals surface area contributed by atoms with Crippen molar-refractivity contribution in [1.29, 1.82) is 0 Å². The van der Waals surface area contributed by atoms with Crippen LogP contribution in [0, 0.1) is 0 Å². The standard InChI is InChI=1S/C12H17NO/c1-3-5-10-6-4-7-11(12(10)14)8-9(2)13/h3-4,6-7,9,14H,1,5,8,13H2,2H3. The molecule has 0 saturated carbocycles. The Hall–Kier alpha value is -1.28. The van der Waals surface area contributed by atoms with Gasteiger partial charge in [-0.3, -0.25) is 0 Å². The molecule has 2 heteroatoms. The summed E-state index contributed by atoms with van der Waals surface area (Å²) in [5.74, 6) is 0.365. The molecule has 0 aromatic heterocycles. The molecule has 0 aliphatic carbocycles. The summed E-state index contributed by atoms with van der Waals surface area (Å²) in [6, 6.07) is 5.82. The first kappa shape index (κ1) is 10.8. The van der Waals surface area contributed by atoms with E-state index in [0.717, 1.165) is 11.1 Å². The van der Waals surface area contributed by atoms with Gasteiger partial charge in [0.15, 0.2) is 0 Å². The van der Waals surface area contributed by atoms with Gasteiger partial charge in [-0.15, -0.1) is 6.58 Å². The van der Waals surface area contributed by atoms with Crippen LogP contribution in [0.4, 0.5) is 0 Å². The molecule has 0 bridgehead atoms. The minimum absolute atomic E-state index is 0.0693. The molecule has 0 spiro atoms. The van der Waals surface area contributed by atoms with E-state index in [1.807, 2.05) is 25.1 Å². The summed E-state index contributed by atoms with van der Waals surface area (Å²) < 4.78 is 0. The maximum atomic E-state index is 9.87. The zero-order chi connectivity index (χ0) is 10.6. The van der Waals surface area contributed by atoms with Crippen molar-refractivity contribution >= 4 is 0 Å². The number of hydrogen-bond acceptors (Lipinski definition) is 2. The van der Waals surface area contributed by atoms with Crippen LogP contribution in [-0.4, -0.2) is 11.1 Å². The van der Waals surface area contributed by atoms with Crippen molar-refractivity contribution in [2.24, 2.45) is 5.73 Å². The fraction of sp³-hybridized carbons (Fsp3) is 0.333. The van der Waals surface area contributed by atoms with Crippen molar-refractivity contribution < 1.29 is 5.11 Å². The molecule has 14 heavy (non-hydrogen) atoms. The van der Waals surface area contributed by atoms with Crippen LogP contribution in [0.2, 0.25) is 0 Å². The van der Waals surface area contributed by atoms with Gasteiger partial charge >= 0.3 is 0 Å². The van der Waals surface area contributed by atoms with Gasteiger partial charge in [-0.1, -0.05) is 24.3 Å². The molecule has 0 heterocycles. The van der Waals surface area contributed by atoms with Gasteiger partial charge in [-0.05, 0) is 30.9 Å². The lowest BCUT2D eigenvalue weighted by atomic mass is 10.0. The third-order valence-corrected chi connectivity index (χ3v) is 2.11. The zero-order valence-electron chi connectivity index (χ0n) is 8.53. The average molecular weight is 191 g/mol. The normalized spacial score (nSPS) is 12.4. The number of hydrogen-bond donors (Lipinski definition) is 2. The number of allylic oxidation sites excluding steroid dienone is 1. The largest absolute Gasteiger partial charge is 0.507 e. The maximum absolute atomic E-state index is 9.87. The summed E-state index contributed by atoms with van der Waals surface area (Å²) in [5.41, 5.74) is 7.52.